The lowest BCUT2D eigenvalue weighted by Gasteiger charge is -2.17. The summed E-state index contributed by atoms with van der Waals surface area (Å²) in [6.07, 6.45) is 0. The molecule has 0 saturated heterocycles. The van der Waals surface area contributed by atoms with Gasteiger partial charge < -0.3 is 0 Å². The van der Waals surface area contributed by atoms with Crippen LogP contribution in [-0.4, -0.2) is 9.78 Å². The predicted molar refractivity (Wildman–Crippen MR) is 72.4 cm³/mol. The van der Waals surface area contributed by atoms with Crippen LogP contribution in [0.25, 0.3) is 11.3 Å². The Labute approximate surface area is 107 Å². The zero-order valence-corrected chi connectivity index (χ0v) is 11.4. The molecule has 1 aromatic carbocycles. The van der Waals surface area contributed by atoms with E-state index in [0.717, 1.165) is 16.3 Å². The van der Waals surface area contributed by atoms with Crippen LogP contribution in [0, 0.1) is 0 Å². The van der Waals surface area contributed by atoms with Crippen molar-refractivity contribution in [2.24, 2.45) is 7.05 Å². The molecule has 0 bridgehead atoms. The molecule has 0 aliphatic heterocycles. The number of benzene rings is 1. The van der Waals surface area contributed by atoms with Crippen molar-refractivity contribution >= 4 is 11.6 Å². The zero-order valence-electron chi connectivity index (χ0n) is 10.7. The minimum absolute atomic E-state index is 0.104. The van der Waals surface area contributed by atoms with E-state index in [1.165, 1.54) is 5.69 Å². The van der Waals surface area contributed by atoms with Gasteiger partial charge in [-0.1, -0.05) is 44.5 Å². The highest BCUT2D eigenvalue weighted by molar-refractivity contribution is 6.30. The third-order valence-electron chi connectivity index (χ3n) is 2.79. The van der Waals surface area contributed by atoms with Gasteiger partial charge in [-0.15, -0.1) is 0 Å². The Morgan fingerprint density at radius 1 is 1.12 bits per heavy atom. The number of aryl methyl sites for hydroxylation is 1. The van der Waals surface area contributed by atoms with Crippen LogP contribution in [0.15, 0.2) is 30.3 Å². The van der Waals surface area contributed by atoms with E-state index in [2.05, 4.69) is 31.9 Å². The fourth-order valence-corrected chi connectivity index (χ4v) is 2.06. The van der Waals surface area contributed by atoms with Crippen molar-refractivity contribution in [2.75, 3.05) is 0 Å². The number of rotatable bonds is 1. The Balaban J connectivity index is 2.45. The molecular formula is C14H17ClN2. The van der Waals surface area contributed by atoms with E-state index in [4.69, 9.17) is 11.6 Å². The normalized spacial score (nSPS) is 11.8. The number of hydrogen-bond acceptors (Lipinski definition) is 1. The maximum absolute atomic E-state index is 5.88. The molecule has 0 amide bonds. The van der Waals surface area contributed by atoms with Crippen molar-refractivity contribution in [2.45, 2.75) is 26.2 Å². The summed E-state index contributed by atoms with van der Waals surface area (Å²) in [6, 6.07) is 9.92. The van der Waals surface area contributed by atoms with Crippen molar-refractivity contribution in [1.29, 1.82) is 0 Å². The number of aromatic nitrogens is 2. The molecule has 3 heteroatoms. The summed E-state index contributed by atoms with van der Waals surface area (Å²) in [5.74, 6) is 0. The van der Waals surface area contributed by atoms with E-state index < -0.39 is 0 Å². The minimum atomic E-state index is 0.104. The van der Waals surface area contributed by atoms with Gasteiger partial charge in [-0.3, -0.25) is 4.68 Å². The highest BCUT2D eigenvalue weighted by atomic mass is 35.5. The molecule has 0 radical (unpaired) electrons. The van der Waals surface area contributed by atoms with E-state index in [9.17, 15) is 0 Å². The fraction of sp³-hybridized carbons (Fsp3) is 0.357. The lowest BCUT2D eigenvalue weighted by molar-refractivity contribution is 0.523. The van der Waals surface area contributed by atoms with E-state index in [0.29, 0.717) is 0 Å². The molecule has 0 atom stereocenters. The van der Waals surface area contributed by atoms with Gasteiger partial charge >= 0.3 is 0 Å². The third-order valence-corrected chi connectivity index (χ3v) is 3.04. The molecule has 0 spiro atoms. The van der Waals surface area contributed by atoms with Gasteiger partial charge in [0.2, 0.25) is 0 Å². The summed E-state index contributed by atoms with van der Waals surface area (Å²) < 4.78 is 1.95. The first kappa shape index (κ1) is 12.2. The first-order chi connectivity index (χ1) is 7.88. The van der Waals surface area contributed by atoms with Gasteiger partial charge in [-0.05, 0) is 18.2 Å². The van der Waals surface area contributed by atoms with Gasteiger partial charge in [-0.2, -0.15) is 5.10 Å². The van der Waals surface area contributed by atoms with Crippen LogP contribution >= 0.6 is 11.6 Å². The highest BCUT2D eigenvalue weighted by Crippen LogP contribution is 2.27. The molecule has 0 aliphatic rings. The van der Waals surface area contributed by atoms with Crippen molar-refractivity contribution in [3.63, 3.8) is 0 Å². The minimum Gasteiger partial charge on any atom is -0.272 e. The largest absolute Gasteiger partial charge is 0.272 e. The van der Waals surface area contributed by atoms with Gasteiger partial charge in [0.05, 0.1) is 5.69 Å². The topological polar surface area (TPSA) is 17.8 Å². The van der Waals surface area contributed by atoms with E-state index in [1.54, 1.807) is 0 Å². The van der Waals surface area contributed by atoms with E-state index in [-0.39, 0.29) is 5.41 Å². The molecule has 0 unspecified atom stereocenters. The standard InChI is InChI=1S/C14H17ClN2/c1-14(2,3)13-9-12(16-17(13)4)10-5-7-11(15)8-6-10/h5-9H,1-4H3. The molecule has 0 N–H and O–H groups in total. The lowest BCUT2D eigenvalue weighted by atomic mass is 9.91. The third kappa shape index (κ3) is 2.52. The Morgan fingerprint density at radius 2 is 1.71 bits per heavy atom. The quantitative estimate of drug-likeness (QED) is 0.745. The zero-order chi connectivity index (χ0) is 12.6. The summed E-state index contributed by atoms with van der Waals surface area (Å²) in [6.45, 7) is 6.57. The van der Waals surface area contributed by atoms with Gasteiger partial charge in [0.1, 0.15) is 0 Å². The second-order valence-corrected chi connectivity index (χ2v) is 5.73. The Hall–Kier alpha value is -1.28. The van der Waals surface area contributed by atoms with Gasteiger partial charge in [-0.25, -0.2) is 0 Å². The Bertz CT molecular complexity index is 518. The molecular weight excluding hydrogens is 232 g/mol. The number of nitrogens with zero attached hydrogens (tertiary/aromatic N) is 2. The second kappa shape index (κ2) is 4.19. The molecule has 2 aromatic rings. The van der Waals surface area contributed by atoms with Gasteiger partial charge in [0.15, 0.2) is 0 Å². The monoisotopic (exact) mass is 248 g/mol. The van der Waals surface area contributed by atoms with Crippen LogP contribution in [0.1, 0.15) is 26.5 Å². The smallest absolute Gasteiger partial charge is 0.0926 e. The second-order valence-electron chi connectivity index (χ2n) is 5.30. The fourth-order valence-electron chi connectivity index (χ4n) is 1.93. The molecule has 1 aromatic heterocycles. The van der Waals surface area contributed by atoms with Crippen LogP contribution in [0.4, 0.5) is 0 Å². The van der Waals surface area contributed by atoms with Crippen LogP contribution in [0.5, 0.6) is 0 Å². The maximum Gasteiger partial charge on any atom is 0.0926 e. The van der Waals surface area contributed by atoms with Crippen LogP contribution in [0.3, 0.4) is 0 Å². The molecule has 0 aliphatic carbocycles. The lowest BCUT2D eigenvalue weighted by Crippen LogP contribution is -2.16. The molecule has 90 valence electrons. The average Bonchev–Trinajstić information content (AvgIpc) is 2.61. The van der Waals surface area contributed by atoms with Gasteiger partial charge in [0.25, 0.3) is 0 Å². The Kier molecular flexibility index (Phi) is 3.00. The maximum atomic E-state index is 5.88. The summed E-state index contributed by atoms with van der Waals surface area (Å²) in [4.78, 5) is 0. The molecule has 17 heavy (non-hydrogen) atoms. The molecule has 2 nitrogen and oxygen atoms in total. The van der Waals surface area contributed by atoms with E-state index >= 15 is 0 Å². The summed E-state index contributed by atoms with van der Waals surface area (Å²) >= 11 is 5.88. The summed E-state index contributed by atoms with van der Waals surface area (Å²) in [5.41, 5.74) is 3.42. The first-order valence-corrected chi connectivity index (χ1v) is 6.06. The van der Waals surface area contributed by atoms with Crippen LogP contribution in [-0.2, 0) is 12.5 Å². The van der Waals surface area contributed by atoms with Crippen LogP contribution < -0.4 is 0 Å². The molecule has 0 fully saturated rings. The van der Waals surface area contributed by atoms with Gasteiger partial charge in [0, 0.05) is 28.7 Å². The molecule has 0 saturated carbocycles. The first-order valence-electron chi connectivity index (χ1n) is 5.68. The SMILES string of the molecule is Cn1nc(-c2ccc(Cl)cc2)cc1C(C)(C)C. The number of hydrogen-bond donors (Lipinski definition) is 0. The number of halogens is 1. The van der Waals surface area contributed by atoms with Crippen molar-refractivity contribution in [3.05, 3.63) is 41.0 Å². The summed E-state index contributed by atoms with van der Waals surface area (Å²) in [7, 11) is 1.99. The van der Waals surface area contributed by atoms with Crippen LogP contribution in [0.2, 0.25) is 5.02 Å². The molecule has 1 heterocycles. The molecule has 2 rings (SSSR count). The van der Waals surface area contributed by atoms with E-state index in [1.807, 2.05) is 36.0 Å². The van der Waals surface area contributed by atoms with Crippen molar-refractivity contribution in [3.8, 4) is 11.3 Å². The highest BCUT2D eigenvalue weighted by Gasteiger charge is 2.19. The van der Waals surface area contributed by atoms with Crippen molar-refractivity contribution < 1.29 is 0 Å². The van der Waals surface area contributed by atoms with Crippen molar-refractivity contribution in [1.82, 2.24) is 9.78 Å². The summed E-state index contributed by atoms with van der Waals surface area (Å²) in [5, 5.41) is 5.30. The predicted octanol–water partition coefficient (Wildman–Crippen LogP) is 4.04. The average molecular weight is 249 g/mol. The Morgan fingerprint density at radius 3 is 2.18 bits per heavy atom.